The van der Waals surface area contributed by atoms with Gasteiger partial charge in [-0.2, -0.15) is 0 Å². The van der Waals surface area contributed by atoms with Gasteiger partial charge in [0, 0.05) is 36.4 Å². The topological polar surface area (TPSA) is 35.2 Å². The highest BCUT2D eigenvalue weighted by atomic mass is 31.1. The van der Waals surface area contributed by atoms with Crippen LogP contribution in [0.25, 0.3) is 11.0 Å². The maximum atomic E-state index is 4.47. The van der Waals surface area contributed by atoms with E-state index in [1.165, 1.54) is 35.9 Å². The van der Waals surface area contributed by atoms with Gasteiger partial charge in [-0.05, 0) is 43.2 Å². The summed E-state index contributed by atoms with van der Waals surface area (Å²) in [5.74, 6) is 0. The third-order valence-corrected chi connectivity index (χ3v) is 7.39. The van der Waals surface area contributed by atoms with Crippen LogP contribution < -0.4 is 10.1 Å². The fraction of sp³-hybridized carbons (Fsp3) is 0.278. The Hall–Kier alpha value is -1.90. The number of fused-ring (bicyclic) bond motifs is 2. The smallest absolute Gasteiger partial charge is 0.137 e. The Labute approximate surface area is 137 Å². The minimum absolute atomic E-state index is 0.496. The van der Waals surface area contributed by atoms with Crippen LogP contribution in [-0.2, 0) is 0 Å². The van der Waals surface area contributed by atoms with E-state index in [2.05, 4.69) is 61.8 Å². The first-order chi connectivity index (χ1) is 11.4. The van der Waals surface area contributed by atoms with Gasteiger partial charge in [-0.1, -0.05) is 18.2 Å². The first-order valence-electron chi connectivity index (χ1n) is 8.23. The molecule has 0 bridgehead atoms. The summed E-state index contributed by atoms with van der Waals surface area (Å²) in [7, 11) is -0.496. The van der Waals surface area contributed by atoms with Crippen molar-refractivity contribution in [2.24, 2.45) is 0 Å². The summed E-state index contributed by atoms with van der Waals surface area (Å²) < 4.78 is 5.32. The molecule has 2 aliphatic rings. The number of aromatic amines is 1. The van der Waals surface area contributed by atoms with Crippen LogP contribution in [0.3, 0.4) is 0 Å². The molecule has 2 aromatic heterocycles. The monoisotopic (exact) mass is 322 g/mol. The van der Waals surface area contributed by atoms with Crippen molar-refractivity contribution in [1.82, 2.24) is 14.6 Å². The van der Waals surface area contributed by atoms with Crippen molar-refractivity contribution >= 4 is 30.4 Å². The number of H-pyrrole nitrogens is 1. The van der Waals surface area contributed by atoms with E-state index in [4.69, 9.17) is 0 Å². The molecule has 0 aliphatic carbocycles. The second kappa shape index (κ2) is 5.33. The molecule has 5 rings (SSSR count). The summed E-state index contributed by atoms with van der Waals surface area (Å²) in [5.41, 5.74) is 3.65. The molecule has 4 nitrogen and oxygen atoms in total. The number of hydrogen-bond donors (Lipinski definition) is 1. The van der Waals surface area contributed by atoms with E-state index < -0.39 is 8.22 Å². The number of aromatic nitrogens is 2. The molecule has 4 heterocycles. The van der Waals surface area contributed by atoms with Crippen LogP contribution in [0.1, 0.15) is 12.8 Å². The molecule has 116 valence electrons. The maximum absolute atomic E-state index is 4.47. The maximum Gasteiger partial charge on any atom is 0.137 e. The molecule has 0 amide bonds. The summed E-state index contributed by atoms with van der Waals surface area (Å²) in [6, 6.07) is 18.0. The third kappa shape index (κ3) is 2.17. The highest BCUT2D eigenvalue weighted by molar-refractivity contribution is 7.65. The number of benzene rings is 1. The lowest BCUT2D eigenvalue weighted by atomic mass is 10.2. The Morgan fingerprint density at radius 3 is 2.91 bits per heavy atom. The zero-order valence-corrected chi connectivity index (χ0v) is 13.8. The Bertz CT molecular complexity index is 798. The molecule has 1 aromatic carbocycles. The summed E-state index contributed by atoms with van der Waals surface area (Å²) in [6.45, 7) is 2.35. The molecule has 0 spiro atoms. The van der Waals surface area contributed by atoms with Gasteiger partial charge < -0.3 is 9.65 Å². The van der Waals surface area contributed by atoms with E-state index in [1.807, 2.05) is 12.3 Å². The minimum atomic E-state index is -0.496. The van der Waals surface area contributed by atoms with E-state index in [0.717, 1.165) is 12.2 Å². The second-order valence-electron chi connectivity index (χ2n) is 6.26. The van der Waals surface area contributed by atoms with E-state index in [1.54, 1.807) is 0 Å². The first kappa shape index (κ1) is 13.5. The van der Waals surface area contributed by atoms with Gasteiger partial charge >= 0.3 is 0 Å². The molecular formula is C18H19N4P. The predicted octanol–water partition coefficient (Wildman–Crippen LogP) is 3.48. The van der Waals surface area contributed by atoms with Crippen LogP contribution in [-0.4, -0.2) is 33.8 Å². The molecular weight excluding hydrogens is 303 g/mol. The average Bonchev–Trinajstić information content (AvgIpc) is 3.28. The SMILES string of the molecule is c1ccc(N2C[C@@H]3CCCN3P2c2cc3cccnc3[nH]2)cc1. The highest BCUT2D eigenvalue weighted by Crippen LogP contribution is 2.55. The number of anilines is 1. The lowest BCUT2D eigenvalue weighted by Crippen LogP contribution is -2.23. The largest absolute Gasteiger partial charge is 0.337 e. The summed E-state index contributed by atoms with van der Waals surface area (Å²) in [4.78, 5) is 8.06. The summed E-state index contributed by atoms with van der Waals surface area (Å²) in [5, 5.41) is 1.21. The normalized spacial score (nSPS) is 24.4. The fourth-order valence-electron chi connectivity index (χ4n) is 3.81. The quantitative estimate of drug-likeness (QED) is 0.734. The summed E-state index contributed by atoms with van der Waals surface area (Å²) in [6.07, 6.45) is 4.50. The van der Waals surface area contributed by atoms with E-state index >= 15 is 0 Å². The van der Waals surface area contributed by atoms with Gasteiger partial charge in [0.15, 0.2) is 0 Å². The van der Waals surface area contributed by atoms with Gasteiger partial charge in [-0.3, -0.25) is 4.67 Å². The van der Waals surface area contributed by atoms with Crippen molar-refractivity contribution in [2.45, 2.75) is 18.9 Å². The van der Waals surface area contributed by atoms with Crippen molar-refractivity contribution < 1.29 is 0 Å². The number of nitrogens with one attached hydrogen (secondary N) is 1. The fourth-order valence-corrected chi connectivity index (χ4v) is 6.60. The van der Waals surface area contributed by atoms with Crippen molar-refractivity contribution in [3.05, 3.63) is 54.7 Å². The second-order valence-corrected chi connectivity index (χ2v) is 8.32. The lowest BCUT2D eigenvalue weighted by molar-refractivity contribution is 0.467. The Balaban J connectivity index is 1.61. The molecule has 2 fully saturated rings. The molecule has 5 heteroatoms. The molecule has 1 N–H and O–H groups in total. The molecule has 3 aromatic rings. The van der Waals surface area contributed by atoms with Crippen LogP contribution in [0.15, 0.2) is 54.7 Å². The zero-order valence-electron chi connectivity index (χ0n) is 12.9. The Morgan fingerprint density at radius 1 is 1.13 bits per heavy atom. The third-order valence-electron chi connectivity index (χ3n) is 4.85. The van der Waals surface area contributed by atoms with Crippen molar-refractivity contribution in [1.29, 1.82) is 0 Å². The van der Waals surface area contributed by atoms with Crippen LogP contribution >= 0.6 is 8.22 Å². The number of para-hydroxylation sites is 1. The van der Waals surface area contributed by atoms with Crippen LogP contribution in [0.2, 0.25) is 0 Å². The van der Waals surface area contributed by atoms with Gasteiger partial charge in [-0.25, -0.2) is 4.98 Å². The number of nitrogens with zero attached hydrogens (tertiary/aromatic N) is 3. The molecule has 2 aliphatic heterocycles. The molecule has 1 unspecified atom stereocenters. The van der Waals surface area contributed by atoms with E-state index in [0.29, 0.717) is 6.04 Å². The van der Waals surface area contributed by atoms with Gasteiger partial charge in [0.25, 0.3) is 0 Å². The van der Waals surface area contributed by atoms with Crippen LogP contribution in [0.4, 0.5) is 5.69 Å². The summed E-state index contributed by atoms with van der Waals surface area (Å²) >= 11 is 0. The first-order valence-corrected chi connectivity index (χ1v) is 9.48. The number of pyridine rings is 1. The highest BCUT2D eigenvalue weighted by Gasteiger charge is 2.44. The van der Waals surface area contributed by atoms with Gasteiger partial charge in [0.05, 0.1) is 5.44 Å². The van der Waals surface area contributed by atoms with Gasteiger partial charge in [-0.15, -0.1) is 0 Å². The van der Waals surface area contributed by atoms with Crippen molar-refractivity contribution in [2.75, 3.05) is 17.8 Å². The number of rotatable bonds is 2. The van der Waals surface area contributed by atoms with E-state index in [-0.39, 0.29) is 0 Å². The molecule has 0 radical (unpaired) electrons. The average molecular weight is 322 g/mol. The number of hydrogen-bond acceptors (Lipinski definition) is 3. The van der Waals surface area contributed by atoms with Crippen molar-refractivity contribution in [3.63, 3.8) is 0 Å². The molecule has 23 heavy (non-hydrogen) atoms. The molecule has 0 saturated carbocycles. The van der Waals surface area contributed by atoms with Gasteiger partial charge in [0.2, 0.25) is 0 Å². The lowest BCUT2D eigenvalue weighted by Gasteiger charge is -2.29. The van der Waals surface area contributed by atoms with E-state index in [9.17, 15) is 0 Å². The standard InChI is InChI=1S/C18H19N4P/c1-2-7-15(8-3-1)22-13-16-9-5-11-21(16)23(22)17-12-14-6-4-10-19-18(14)20-17/h1-4,6-8,10,12,16H,5,9,11,13H2,(H,19,20)/t16-,23?/m0/s1. The predicted molar refractivity (Wildman–Crippen MR) is 96.2 cm³/mol. The van der Waals surface area contributed by atoms with Crippen LogP contribution in [0.5, 0.6) is 0 Å². The van der Waals surface area contributed by atoms with Crippen molar-refractivity contribution in [3.8, 4) is 0 Å². The Kier molecular flexibility index (Phi) is 3.13. The zero-order chi connectivity index (χ0) is 15.2. The molecule has 2 saturated heterocycles. The Morgan fingerprint density at radius 2 is 2.04 bits per heavy atom. The van der Waals surface area contributed by atoms with Crippen LogP contribution in [0, 0.1) is 0 Å². The van der Waals surface area contributed by atoms with Gasteiger partial charge in [0.1, 0.15) is 13.9 Å². The minimum Gasteiger partial charge on any atom is -0.337 e. The molecule has 2 atom stereocenters.